The van der Waals surface area contributed by atoms with Gasteiger partial charge in [0.15, 0.2) is 0 Å². The minimum Gasteiger partial charge on any atom is -0.497 e. The van der Waals surface area contributed by atoms with Gasteiger partial charge in [0.25, 0.3) is 0 Å². The number of benzene rings is 1. The summed E-state index contributed by atoms with van der Waals surface area (Å²) in [6.07, 6.45) is 8.50. The number of allylic oxidation sites excluding steroid dienone is 4. The van der Waals surface area contributed by atoms with Crippen molar-refractivity contribution in [3.8, 4) is 11.5 Å². The van der Waals surface area contributed by atoms with Crippen LogP contribution < -0.4 is 15.1 Å². The van der Waals surface area contributed by atoms with Crippen LogP contribution in [-0.4, -0.2) is 12.7 Å². The maximum atomic E-state index is 12.7. The maximum Gasteiger partial charge on any atom is 0.343 e. The van der Waals surface area contributed by atoms with Crippen LogP contribution in [0.2, 0.25) is 0 Å². The Bertz CT molecular complexity index is 1010. The van der Waals surface area contributed by atoms with Crippen molar-refractivity contribution >= 4 is 11.0 Å². The molecule has 2 aromatic rings. The minimum atomic E-state index is -0.429. The molecule has 0 saturated carbocycles. The zero-order valence-corrected chi connectivity index (χ0v) is 18.4. The van der Waals surface area contributed by atoms with Gasteiger partial charge >= 0.3 is 5.63 Å². The molecule has 1 aliphatic rings. The molecule has 1 aliphatic heterocycles. The fourth-order valence-electron chi connectivity index (χ4n) is 3.97. The van der Waals surface area contributed by atoms with Gasteiger partial charge in [-0.05, 0) is 65.5 Å². The maximum absolute atomic E-state index is 12.7. The van der Waals surface area contributed by atoms with Crippen molar-refractivity contribution in [3.05, 3.63) is 57.5 Å². The van der Waals surface area contributed by atoms with Crippen molar-refractivity contribution < 1.29 is 13.9 Å². The Kier molecular flexibility index (Phi) is 6.21. The van der Waals surface area contributed by atoms with E-state index in [2.05, 4.69) is 46.8 Å². The van der Waals surface area contributed by atoms with Crippen molar-refractivity contribution in [2.45, 2.75) is 71.8 Å². The van der Waals surface area contributed by atoms with E-state index in [4.69, 9.17) is 13.9 Å². The van der Waals surface area contributed by atoms with Gasteiger partial charge in [0.1, 0.15) is 22.7 Å². The lowest BCUT2D eigenvalue weighted by Gasteiger charge is -2.28. The van der Waals surface area contributed by atoms with Crippen LogP contribution in [0.1, 0.15) is 71.8 Å². The molecule has 0 unspecified atom stereocenters. The highest BCUT2D eigenvalue weighted by Gasteiger charge is 2.44. The lowest BCUT2D eigenvalue weighted by molar-refractivity contribution is 0.0862. The third kappa shape index (κ3) is 4.42. The highest BCUT2D eigenvalue weighted by molar-refractivity contribution is 5.86. The van der Waals surface area contributed by atoms with Crippen LogP contribution in [0.3, 0.4) is 0 Å². The first-order valence-corrected chi connectivity index (χ1v) is 10.4. The minimum absolute atomic E-state index is 0.0281. The number of hydrogen-bond donors (Lipinski definition) is 0. The molecule has 0 amide bonds. The SMILES string of the molecule is COc1ccc2c3c(c(=O)oc2c1)[C@@H](C)[C@](C)(CC/C=C(\C)CCC=C(C)C)O3. The Hall–Kier alpha value is -2.49. The summed E-state index contributed by atoms with van der Waals surface area (Å²) >= 11 is 0. The Morgan fingerprint density at radius 1 is 1.21 bits per heavy atom. The number of methoxy groups -OCH3 is 1. The molecule has 0 saturated heterocycles. The molecule has 4 nitrogen and oxygen atoms in total. The molecular formula is C25H32O4. The molecule has 0 fully saturated rings. The van der Waals surface area contributed by atoms with E-state index < -0.39 is 5.60 Å². The second kappa shape index (κ2) is 8.48. The van der Waals surface area contributed by atoms with Crippen molar-refractivity contribution in [2.75, 3.05) is 7.11 Å². The van der Waals surface area contributed by atoms with E-state index in [0.717, 1.165) is 31.1 Å². The van der Waals surface area contributed by atoms with Crippen LogP contribution in [-0.2, 0) is 0 Å². The third-order valence-electron chi connectivity index (χ3n) is 6.01. The third-order valence-corrected chi connectivity index (χ3v) is 6.01. The predicted molar refractivity (Wildman–Crippen MR) is 118 cm³/mol. The smallest absolute Gasteiger partial charge is 0.343 e. The van der Waals surface area contributed by atoms with Crippen molar-refractivity contribution in [1.29, 1.82) is 0 Å². The van der Waals surface area contributed by atoms with Gasteiger partial charge in [0.05, 0.1) is 18.1 Å². The summed E-state index contributed by atoms with van der Waals surface area (Å²) in [5.41, 5.74) is 3.16. The number of hydrogen-bond acceptors (Lipinski definition) is 4. The van der Waals surface area contributed by atoms with Gasteiger partial charge in [-0.15, -0.1) is 0 Å². The normalized spacial score (nSPS) is 21.0. The second-order valence-corrected chi connectivity index (χ2v) is 8.54. The Labute approximate surface area is 173 Å². The molecule has 1 aromatic carbocycles. The van der Waals surface area contributed by atoms with Gasteiger partial charge in [-0.25, -0.2) is 4.79 Å². The molecule has 2 atom stereocenters. The topological polar surface area (TPSA) is 48.7 Å². The van der Waals surface area contributed by atoms with Gasteiger partial charge in [-0.3, -0.25) is 0 Å². The van der Waals surface area contributed by atoms with Gasteiger partial charge in [0, 0.05) is 12.0 Å². The molecule has 29 heavy (non-hydrogen) atoms. The van der Waals surface area contributed by atoms with Gasteiger partial charge < -0.3 is 13.9 Å². The highest BCUT2D eigenvalue weighted by Crippen LogP contribution is 2.48. The zero-order valence-electron chi connectivity index (χ0n) is 18.4. The molecule has 156 valence electrons. The zero-order chi connectivity index (χ0) is 21.2. The molecule has 0 radical (unpaired) electrons. The lowest BCUT2D eigenvalue weighted by atomic mass is 9.84. The summed E-state index contributed by atoms with van der Waals surface area (Å²) in [5.74, 6) is 1.29. The molecule has 0 bridgehead atoms. The fraction of sp³-hybridized carbons (Fsp3) is 0.480. The Morgan fingerprint density at radius 2 is 1.97 bits per heavy atom. The largest absolute Gasteiger partial charge is 0.497 e. The van der Waals surface area contributed by atoms with E-state index in [1.165, 1.54) is 11.1 Å². The number of fused-ring (bicyclic) bond motifs is 3. The first-order chi connectivity index (χ1) is 13.7. The molecular weight excluding hydrogens is 364 g/mol. The van der Waals surface area contributed by atoms with Crippen molar-refractivity contribution in [2.24, 2.45) is 0 Å². The van der Waals surface area contributed by atoms with Crippen molar-refractivity contribution in [3.63, 3.8) is 0 Å². The summed E-state index contributed by atoms with van der Waals surface area (Å²) in [6, 6.07) is 5.51. The summed E-state index contributed by atoms with van der Waals surface area (Å²) in [6.45, 7) is 10.6. The molecule has 1 aromatic heterocycles. The van der Waals surface area contributed by atoms with Gasteiger partial charge in [-0.2, -0.15) is 0 Å². The number of rotatable bonds is 7. The summed E-state index contributed by atoms with van der Waals surface area (Å²) < 4.78 is 17.3. The molecule has 3 rings (SSSR count). The molecule has 0 aliphatic carbocycles. The average molecular weight is 397 g/mol. The van der Waals surface area contributed by atoms with E-state index in [-0.39, 0.29) is 11.5 Å². The Balaban J connectivity index is 1.79. The molecule has 0 spiro atoms. The fourth-order valence-corrected chi connectivity index (χ4v) is 3.97. The van der Waals surface area contributed by atoms with Crippen molar-refractivity contribution in [1.82, 2.24) is 0 Å². The predicted octanol–water partition coefficient (Wildman–Crippen LogP) is 6.53. The van der Waals surface area contributed by atoms with E-state index in [9.17, 15) is 4.79 Å². The summed E-state index contributed by atoms with van der Waals surface area (Å²) in [7, 11) is 1.59. The van der Waals surface area contributed by atoms with E-state index >= 15 is 0 Å². The van der Waals surface area contributed by atoms with Crippen LogP contribution in [0.5, 0.6) is 11.5 Å². The summed E-state index contributed by atoms with van der Waals surface area (Å²) in [4.78, 5) is 12.7. The van der Waals surface area contributed by atoms with Crippen LogP contribution >= 0.6 is 0 Å². The highest BCUT2D eigenvalue weighted by atomic mass is 16.5. The van der Waals surface area contributed by atoms with Crippen LogP contribution in [0.25, 0.3) is 11.0 Å². The van der Waals surface area contributed by atoms with Gasteiger partial charge in [0.2, 0.25) is 0 Å². The standard InChI is InChI=1S/C25H32O4/c1-16(2)9-7-10-17(3)11-8-14-25(5)18(4)22-23(29-25)20-13-12-19(27-6)15-21(20)28-24(22)26/h9,11-13,15,18H,7-8,10,14H2,1-6H3/b17-11+/t18-,25+/m1/s1. The molecule has 0 N–H and O–H groups in total. The van der Waals surface area contributed by atoms with Crippen LogP contribution in [0.15, 0.2) is 50.7 Å². The number of ether oxygens (including phenoxy) is 2. The first kappa shape index (κ1) is 21.2. The Morgan fingerprint density at radius 3 is 2.66 bits per heavy atom. The summed E-state index contributed by atoms with van der Waals surface area (Å²) in [5, 5.41) is 0.824. The second-order valence-electron chi connectivity index (χ2n) is 8.54. The van der Waals surface area contributed by atoms with Crippen LogP contribution in [0, 0.1) is 0 Å². The van der Waals surface area contributed by atoms with E-state index in [1.54, 1.807) is 13.2 Å². The quantitative estimate of drug-likeness (QED) is 0.394. The van der Waals surface area contributed by atoms with E-state index in [1.807, 2.05) is 12.1 Å². The molecule has 2 heterocycles. The molecule has 4 heteroatoms. The van der Waals surface area contributed by atoms with Gasteiger partial charge in [-0.1, -0.05) is 30.2 Å². The average Bonchev–Trinajstić information content (AvgIpc) is 2.93. The van der Waals surface area contributed by atoms with Crippen LogP contribution in [0.4, 0.5) is 0 Å². The van der Waals surface area contributed by atoms with E-state index in [0.29, 0.717) is 22.6 Å². The monoisotopic (exact) mass is 396 g/mol. The first-order valence-electron chi connectivity index (χ1n) is 10.4. The lowest BCUT2D eigenvalue weighted by Crippen LogP contribution is -2.33.